The Balaban J connectivity index is 2.77. The van der Waals surface area contributed by atoms with Gasteiger partial charge in [0.15, 0.2) is 0 Å². The van der Waals surface area contributed by atoms with E-state index in [1.54, 1.807) is 12.4 Å². The molecule has 0 aliphatic heterocycles. The first-order chi connectivity index (χ1) is 3.80. The van der Waals surface area contributed by atoms with E-state index in [4.69, 9.17) is 5.73 Å². The highest BCUT2D eigenvalue weighted by molar-refractivity contribution is 7.80. The normalized spacial score (nSPS) is 13.8. The largest absolute Gasteiger partial charge is 0.347 e. The first kappa shape index (κ1) is 5.65. The van der Waals surface area contributed by atoms with Crippen LogP contribution in [0.4, 0.5) is 0 Å². The summed E-state index contributed by atoms with van der Waals surface area (Å²) in [5.74, 6) is 0.702. The summed E-state index contributed by atoms with van der Waals surface area (Å²) in [5, 5.41) is -0.287. The summed E-state index contributed by atoms with van der Waals surface area (Å²) in [4.78, 5) is 6.68. The highest BCUT2D eigenvalue weighted by atomic mass is 32.1. The molecule has 0 amide bonds. The number of nitrogens with two attached hydrogens (primary N) is 1. The van der Waals surface area contributed by atoms with Crippen LogP contribution in [0.15, 0.2) is 12.4 Å². The van der Waals surface area contributed by atoms with Gasteiger partial charge in [0.05, 0.1) is 0 Å². The van der Waals surface area contributed by atoms with E-state index in [1.165, 1.54) is 0 Å². The third-order valence-corrected chi connectivity index (χ3v) is 1.04. The molecule has 8 heavy (non-hydrogen) atoms. The van der Waals surface area contributed by atoms with Gasteiger partial charge >= 0.3 is 0 Å². The molecule has 0 saturated carbocycles. The van der Waals surface area contributed by atoms with Crippen molar-refractivity contribution in [3.8, 4) is 0 Å². The van der Waals surface area contributed by atoms with Crippen LogP contribution in [0.2, 0.25) is 0 Å². The molecule has 0 saturated heterocycles. The molecule has 1 aromatic rings. The molecule has 0 bridgehead atoms. The van der Waals surface area contributed by atoms with Gasteiger partial charge in [-0.3, -0.25) is 0 Å². The molecule has 0 aliphatic carbocycles. The third kappa shape index (κ3) is 1.02. The summed E-state index contributed by atoms with van der Waals surface area (Å²) in [6, 6.07) is 0. The maximum atomic E-state index is 5.33. The van der Waals surface area contributed by atoms with Crippen molar-refractivity contribution in [2.24, 2.45) is 5.73 Å². The Labute approximate surface area is 52.7 Å². The number of nitrogens with zero attached hydrogens (tertiary/aromatic N) is 1. The second kappa shape index (κ2) is 2.19. The van der Waals surface area contributed by atoms with Gasteiger partial charge in [-0.05, 0) is 0 Å². The maximum Gasteiger partial charge on any atom is 0.133 e. The van der Waals surface area contributed by atoms with Gasteiger partial charge in [0, 0.05) is 12.4 Å². The molecular formula is C4H7N3S. The highest BCUT2D eigenvalue weighted by Gasteiger charge is 1.98. The molecule has 3 nitrogen and oxygen atoms in total. The smallest absolute Gasteiger partial charge is 0.133 e. The number of thiol groups is 1. The van der Waals surface area contributed by atoms with Gasteiger partial charge in [-0.25, -0.2) is 4.98 Å². The fourth-order valence-corrected chi connectivity index (χ4v) is 0.580. The predicted octanol–water partition coefficient (Wildman–Crippen LogP) is 0.297. The monoisotopic (exact) mass is 129 g/mol. The second-order valence-corrected chi connectivity index (χ2v) is 1.98. The summed E-state index contributed by atoms with van der Waals surface area (Å²) in [6.45, 7) is 0. The summed E-state index contributed by atoms with van der Waals surface area (Å²) >= 11 is 3.94. The predicted molar refractivity (Wildman–Crippen MR) is 34.5 cm³/mol. The van der Waals surface area contributed by atoms with Crippen molar-refractivity contribution in [2.45, 2.75) is 5.37 Å². The maximum absolute atomic E-state index is 5.33. The van der Waals surface area contributed by atoms with Crippen molar-refractivity contribution in [2.75, 3.05) is 0 Å². The molecule has 44 valence electrons. The lowest BCUT2D eigenvalue weighted by molar-refractivity contribution is 0.930. The molecule has 1 atom stereocenters. The standard InChI is InChI=1S/C4H7N3S/c5-3(8)4-6-1-2-7-4/h1-3,8H,5H2,(H,6,7)/t3-/m0/s1. The Hall–Kier alpha value is -0.480. The van der Waals surface area contributed by atoms with Crippen molar-refractivity contribution in [1.82, 2.24) is 9.97 Å². The molecule has 0 aromatic carbocycles. The molecular weight excluding hydrogens is 122 g/mol. The van der Waals surface area contributed by atoms with Crippen LogP contribution >= 0.6 is 12.6 Å². The minimum absolute atomic E-state index is 0.287. The summed E-state index contributed by atoms with van der Waals surface area (Å²) in [6.07, 6.45) is 3.36. The van der Waals surface area contributed by atoms with Gasteiger partial charge in [-0.15, -0.1) is 0 Å². The van der Waals surface area contributed by atoms with E-state index < -0.39 is 0 Å². The first-order valence-corrected chi connectivity index (χ1v) is 2.75. The lowest BCUT2D eigenvalue weighted by Crippen LogP contribution is -2.03. The van der Waals surface area contributed by atoms with Crippen LogP contribution in [0, 0.1) is 0 Å². The zero-order valence-electron chi connectivity index (χ0n) is 4.20. The van der Waals surface area contributed by atoms with Crippen molar-refractivity contribution >= 4 is 12.6 Å². The third-order valence-electron chi connectivity index (χ3n) is 0.800. The summed E-state index contributed by atoms with van der Waals surface area (Å²) in [5.41, 5.74) is 5.33. The van der Waals surface area contributed by atoms with Crippen molar-refractivity contribution in [3.63, 3.8) is 0 Å². The van der Waals surface area contributed by atoms with Crippen molar-refractivity contribution in [1.29, 1.82) is 0 Å². The Morgan fingerprint density at radius 2 is 2.62 bits per heavy atom. The number of aromatic nitrogens is 2. The van der Waals surface area contributed by atoms with E-state index in [0.29, 0.717) is 5.82 Å². The number of nitrogens with one attached hydrogen (secondary N) is 1. The van der Waals surface area contributed by atoms with Crippen LogP contribution in [-0.4, -0.2) is 9.97 Å². The summed E-state index contributed by atoms with van der Waals surface area (Å²) < 4.78 is 0. The summed E-state index contributed by atoms with van der Waals surface area (Å²) in [7, 11) is 0. The molecule has 0 radical (unpaired) electrons. The van der Waals surface area contributed by atoms with Crippen LogP contribution in [0.3, 0.4) is 0 Å². The van der Waals surface area contributed by atoms with Crippen LogP contribution < -0.4 is 5.73 Å². The molecule has 0 fully saturated rings. The Kier molecular flexibility index (Phi) is 1.55. The number of rotatable bonds is 1. The zero-order chi connectivity index (χ0) is 5.98. The van der Waals surface area contributed by atoms with E-state index in [1.807, 2.05) is 0 Å². The number of hydrogen-bond donors (Lipinski definition) is 3. The van der Waals surface area contributed by atoms with Crippen LogP contribution in [0.5, 0.6) is 0 Å². The lowest BCUT2D eigenvalue weighted by Gasteiger charge is -1.94. The van der Waals surface area contributed by atoms with Gasteiger partial charge in [0.1, 0.15) is 11.2 Å². The Morgan fingerprint density at radius 3 is 2.88 bits per heavy atom. The average Bonchev–Trinajstić information content (AvgIpc) is 2.12. The Morgan fingerprint density at radius 1 is 1.88 bits per heavy atom. The molecule has 0 unspecified atom stereocenters. The van der Waals surface area contributed by atoms with E-state index in [9.17, 15) is 0 Å². The molecule has 1 aromatic heterocycles. The minimum atomic E-state index is -0.287. The quantitative estimate of drug-likeness (QED) is 0.377. The molecule has 0 aliphatic rings. The molecule has 1 rings (SSSR count). The number of H-pyrrole nitrogens is 1. The number of imidazole rings is 1. The second-order valence-electron chi connectivity index (χ2n) is 1.42. The van der Waals surface area contributed by atoms with E-state index >= 15 is 0 Å². The molecule has 1 heterocycles. The van der Waals surface area contributed by atoms with Crippen molar-refractivity contribution in [3.05, 3.63) is 18.2 Å². The van der Waals surface area contributed by atoms with Crippen LogP contribution in [0.25, 0.3) is 0 Å². The van der Waals surface area contributed by atoms with Gasteiger partial charge in [0.25, 0.3) is 0 Å². The SMILES string of the molecule is N[C@@H](S)c1ncc[nH]1. The fraction of sp³-hybridized carbons (Fsp3) is 0.250. The van der Waals surface area contributed by atoms with E-state index in [-0.39, 0.29) is 5.37 Å². The zero-order valence-corrected chi connectivity index (χ0v) is 5.10. The topological polar surface area (TPSA) is 54.7 Å². The van der Waals surface area contributed by atoms with Gasteiger partial charge in [-0.1, -0.05) is 0 Å². The average molecular weight is 129 g/mol. The molecule has 3 N–H and O–H groups in total. The van der Waals surface area contributed by atoms with Crippen LogP contribution in [-0.2, 0) is 0 Å². The van der Waals surface area contributed by atoms with Crippen LogP contribution in [0.1, 0.15) is 11.2 Å². The lowest BCUT2D eigenvalue weighted by atomic mass is 10.6. The molecule has 4 heteroatoms. The van der Waals surface area contributed by atoms with E-state index in [0.717, 1.165) is 0 Å². The van der Waals surface area contributed by atoms with Gasteiger partial charge < -0.3 is 10.7 Å². The Bertz CT molecular complexity index is 146. The first-order valence-electron chi connectivity index (χ1n) is 2.23. The molecule has 0 spiro atoms. The number of aromatic amines is 1. The van der Waals surface area contributed by atoms with Gasteiger partial charge in [-0.2, -0.15) is 12.6 Å². The number of hydrogen-bond acceptors (Lipinski definition) is 3. The minimum Gasteiger partial charge on any atom is -0.347 e. The van der Waals surface area contributed by atoms with Crippen molar-refractivity contribution < 1.29 is 0 Å². The van der Waals surface area contributed by atoms with Gasteiger partial charge in [0.2, 0.25) is 0 Å². The van der Waals surface area contributed by atoms with E-state index in [2.05, 4.69) is 22.6 Å². The highest BCUT2D eigenvalue weighted by Crippen LogP contribution is 2.04. The fourth-order valence-electron chi connectivity index (χ4n) is 0.439.